The summed E-state index contributed by atoms with van der Waals surface area (Å²) in [4.78, 5) is 26.4. The Bertz CT molecular complexity index is 1450. The van der Waals surface area contributed by atoms with Gasteiger partial charge in [-0.1, -0.05) is 11.2 Å². The first-order valence-electron chi connectivity index (χ1n) is 11.1. The van der Waals surface area contributed by atoms with Gasteiger partial charge in [-0.25, -0.2) is 15.0 Å². The van der Waals surface area contributed by atoms with Crippen LogP contribution in [-0.4, -0.2) is 65.6 Å². The van der Waals surface area contributed by atoms with Gasteiger partial charge in [0.05, 0.1) is 23.3 Å². The van der Waals surface area contributed by atoms with E-state index in [0.717, 1.165) is 6.20 Å². The number of aromatic nitrogens is 6. The molecule has 4 aromatic heterocycles. The largest absolute Gasteiger partial charge is 0.412 e. The Morgan fingerprint density at radius 1 is 1.14 bits per heavy atom. The second-order valence-electron chi connectivity index (χ2n) is 8.65. The molecule has 1 amide bonds. The van der Waals surface area contributed by atoms with Crippen molar-refractivity contribution < 1.29 is 27.6 Å². The summed E-state index contributed by atoms with van der Waals surface area (Å²) in [5.41, 5.74) is -0.650. The Kier molecular flexibility index (Phi) is 5.90. The third kappa shape index (κ3) is 4.62. The number of aliphatic hydroxyl groups is 1. The Morgan fingerprint density at radius 3 is 2.51 bits per heavy atom. The zero-order valence-corrected chi connectivity index (χ0v) is 19.6. The molecular formula is C23H21F3N8O3. The van der Waals surface area contributed by atoms with Crippen LogP contribution in [-0.2, 0) is 17.4 Å². The van der Waals surface area contributed by atoms with E-state index in [9.17, 15) is 23.1 Å². The van der Waals surface area contributed by atoms with Gasteiger partial charge in [-0.2, -0.15) is 18.3 Å². The molecule has 0 saturated carbocycles. The molecule has 37 heavy (non-hydrogen) atoms. The molecular weight excluding hydrogens is 493 g/mol. The van der Waals surface area contributed by atoms with Crippen LogP contribution >= 0.6 is 0 Å². The van der Waals surface area contributed by atoms with Crippen molar-refractivity contribution in [2.24, 2.45) is 7.05 Å². The Hall–Kier alpha value is -4.33. The van der Waals surface area contributed by atoms with Crippen molar-refractivity contribution in [3.8, 4) is 22.8 Å². The Balaban J connectivity index is 1.41. The maximum absolute atomic E-state index is 13.7. The highest BCUT2D eigenvalue weighted by Gasteiger charge is 2.48. The fourth-order valence-electron chi connectivity index (χ4n) is 4.04. The molecule has 2 atom stereocenters. The van der Waals surface area contributed by atoms with Crippen LogP contribution in [0.25, 0.3) is 22.8 Å². The molecule has 1 aliphatic rings. The van der Waals surface area contributed by atoms with Crippen molar-refractivity contribution in [2.75, 3.05) is 18.9 Å². The van der Waals surface area contributed by atoms with E-state index < -0.39 is 23.7 Å². The molecule has 1 fully saturated rings. The number of pyridine rings is 1. The second-order valence-corrected chi connectivity index (χ2v) is 8.65. The highest BCUT2D eigenvalue weighted by atomic mass is 19.4. The van der Waals surface area contributed by atoms with Crippen LogP contribution in [0.2, 0.25) is 0 Å². The van der Waals surface area contributed by atoms with Gasteiger partial charge in [0.2, 0.25) is 11.5 Å². The van der Waals surface area contributed by atoms with Gasteiger partial charge in [0.25, 0.3) is 5.91 Å². The van der Waals surface area contributed by atoms with E-state index in [1.165, 1.54) is 41.2 Å². The molecule has 4 aromatic rings. The molecule has 11 nitrogen and oxygen atoms in total. The number of alkyl halides is 3. The van der Waals surface area contributed by atoms with Gasteiger partial charge in [-0.05, 0) is 18.2 Å². The molecule has 1 saturated heterocycles. The normalized spacial score (nSPS) is 18.9. The van der Waals surface area contributed by atoms with Gasteiger partial charge < -0.3 is 19.8 Å². The number of halogens is 3. The van der Waals surface area contributed by atoms with Crippen LogP contribution in [0.3, 0.4) is 0 Å². The quantitative estimate of drug-likeness (QED) is 0.398. The molecule has 0 aliphatic carbocycles. The molecule has 0 radical (unpaired) electrons. The lowest BCUT2D eigenvalue weighted by atomic mass is 9.98. The highest BCUT2D eigenvalue weighted by molar-refractivity contribution is 5.87. The lowest BCUT2D eigenvalue weighted by Gasteiger charge is -2.20. The summed E-state index contributed by atoms with van der Waals surface area (Å²) in [6, 6.07) is 5.82. The molecule has 5 rings (SSSR count). The smallest absolute Gasteiger partial charge is 0.373 e. The predicted octanol–water partition coefficient (Wildman–Crippen LogP) is 2.69. The number of hydrogen-bond donors (Lipinski definition) is 2. The van der Waals surface area contributed by atoms with Crippen LogP contribution in [0.15, 0.2) is 53.4 Å². The van der Waals surface area contributed by atoms with Crippen LogP contribution in [0.1, 0.15) is 23.8 Å². The van der Waals surface area contributed by atoms with Crippen molar-refractivity contribution in [2.45, 2.75) is 24.2 Å². The number of aryl methyl sites for hydroxylation is 1. The van der Waals surface area contributed by atoms with Gasteiger partial charge in [0, 0.05) is 51.1 Å². The minimum atomic E-state index is -4.62. The molecule has 2 N–H and O–H groups in total. The SMILES string of the molecule is CN1CC[C@@](O)(c2cc(-c3cccc(-c4ccnc(N[C@H](c5cnn(C)c5)C(F)(F)F)n4)n3)no2)C1=O. The fourth-order valence-corrected chi connectivity index (χ4v) is 4.04. The average molecular weight is 514 g/mol. The zero-order valence-electron chi connectivity index (χ0n) is 19.6. The summed E-state index contributed by atoms with van der Waals surface area (Å²) >= 11 is 0. The summed E-state index contributed by atoms with van der Waals surface area (Å²) in [6.07, 6.45) is -0.745. The van der Waals surface area contributed by atoms with Crippen molar-refractivity contribution in [1.82, 2.24) is 34.8 Å². The molecule has 1 aliphatic heterocycles. The molecule has 192 valence electrons. The van der Waals surface area contributed by atoms with Crippen molar-refractivity contribution in [3.63, 3.8) is 0 Å². The van der Waals surface area contributed by atoms with Gasteiger partial charge in [-0.3, -0.25) is 9.48 Å². The summed E-state index contributed by atoms with van der Waals surface area (Å²) in [5.74, 6) is -0.724. The zero-order chi connectivity index (χ0) is 26.4. The summed E-state index contributed by atoms with van der Waals surface area (Å²) in [6.45, 7) is 0.374. The molecule has 0 bridgehead atoms. The Morgan fingerprint density at radius 2 is 1.86 bits per heavy atom. The number of hydrogen-bond acceptors (Lipinski definition) is 9. The lowest BCUT2D eigenvalue weighted by molar-refractivity contribution is -0.145. The fraction of sp³-hybridized carbons (Fsp3) is 0.304. The first kappa shape index (κ1) is 24.4. The van der Waals surface area contributed by atoms with E-state index >= 15 is 0 Å². The molecule has 0 aromatic carbocycles. The number of nitrogens with zero attached hydrogens (tertiary/aromatic N) is 7. The number of likely N-dealkylation sites (tertiary alicyclic amines) is 1. The number of nitrogens with one attached hydrogen (secondary N) is 1. The third-order valence-electron chi connectivity index (χ3n) is 6.02. The number of rotatable bonds is 6. The Labute approximate surface area is 208 Å². The van der Waals surface area contributed by atoms with Gasteiger partial charge in [0.15, 0.2) is 11.8 Å². The summed E-state index contributed by atoms with van der Waals surface area (Å²) in [5, 5.41) is 20.9. The van der Waals surface area contributed by atoms with Gasteiger partial charge in [0.1, 0.15) is 5.69 Å². The van der Waals surface area contributed by atoms with E-state index in [1.807, 2.05) is 0 Å². The lowest BCUT2D eigenvalue weighted by Crippen LogP contribution is -2.35. The maximum Gasteiger partial charge on any atom is 0.412 e. The van der Waals surface area contributed by atoms with E-state index in [2.05, 4.69) is 30.5 Å². The topological polar surface area (TPSA) is 135 Å². The first-order valence-corrected chi connectivity index (χ1v) is 11.1. The number of likely N-dealkylation sites (N-methyl/N-ethyl adjacent to an activating group) is 1. The van der Waals surface area contributed by atoms with Crippen LogP contribution in [0.5, 0.6) is 0 Å². The van der Waals surface area contributed by atoms with Gasteiger partial charge >= 0.3 is 6.18 Å². The molecule has 5 heterocycles. The summed E-state index contributed by atoms with van der Waals surface area (Å²) < 4.78 is 47.7. The van der Waals surface area contributed by atoms with E-state index in [1.54, 1.807) is 25.2 Å². The van der Waals surface area contributed by atoms with Crippen molar-refractivity contribution in [3.05, 3.63) is 60.2 Å². The van der Waals surface area contributed by atoms with E-state index in [4.69, 9.17) is 4.52 Å². The van der Waals surface area contributed by atoms with E-state index in [0.29, 0.717) is 17.9 Å². The minimum Gasteiger partial charge on any atom is -0.373 e. The van der Waals surface area contributed by atoms with Crippen molar-refractivity contribution in [1.29, 1.82) is 0 Å². The number of carbonyl (C=O) groups excluding carboxylic acids is 1. The van der Waals surface area contributed by atoms with Crippen molar-refractivity contribution >= 4 is 11.9 Å². The number of carbonyl (C=O) groups is 1. The van der Waals surface area contributed by atoms with Gasteiger partial charge in [-0.15, -0.1) is 0 Å². The minimum absolute atomic E-state index is 0.00571. The molecule has 0 unspecified atom stereocenters. The third-order valence-corrected chi connectivity index (χ3v) is 6.02. The first-order chi connectivity index (χ1) is 17.5. The monoisotopic (exact) mass is 514 g/mol. The predicted molar refractivity (Wildman–Crippen MR) is 123 cm³/mol. The van der Waals surface area contributed by atoms with Crippen LogP contribution in [0, 0.1) is 0 Å². The maximum atomic E-state index is 13.7. The summed E-state index contributed by atoms with van der Waals surface area (Å²) in [7, 11) is 3.11. The molecule has 14 heteroatoms. The van der Waals surface area contributed by atoms with E-state index in [-0.39, 0.29) is 35.1 Å². The molecule has 0 spiro atoms. The number of amides is 1. The average Bonchev–Trinajstić information content (AvgIpc) is 3.60. The number of anilines is 1. The van der Waals surface area contributed by atoms with Crippen LogP contribution < -0.4 is 5.32 Å². The highest BCUT2D eigenvalue weighted by Crippen LogP contribution is 2.36. The second kappa shape index (κ2) is 8.96. The standard InChI is InChI=1S/C23H21F3N8O3/c1-33-9-7-22(36,20(33)35)18-10-17(32-37-18)15-5-3-4-14(29-15)16-6-8-27-21(30-16)31-19(23(24,25)26)13-11-28-34(2)12-13/h3-6,8,10-12,19,36H,7,9H2,1-2H3,(H,27,30,31)/t19-,22-/m1/s1. The van der Waals surface area contributed by atoms with Crippen LogP contribution in [0.4, 0.5) is 19.1 Å².